The predicted molar refractivity (Wildman–Crippen MR) is 57.9 cm³/mol. The van der Waals surface area contributed by atoms with Crippen molar-refractivity contribution in [3.63, 3.8) is 0 Å². The van der Waals surface area contributed by atoms with Crippen LogP contribution in [-0.4, -0.2) is 36.4 Å². The molecule has 5 heteroatoms. The van der Waals surface area contributed by atoms with Gasteiger partial charge in [-0.1, -0.05) is 0 Å². The molecule has 0 fully saturated rings. The van der Waals surface area contributed by atoms with Crippen LogP contribution in [0.1, 0.15) is 6.42 Å². The van der Waals surface area contributed by atoms with Crippen molar-refractivity contribution >= 4 is 0 Å². The molecule has 84 valence electrons. The van der Waals surface area contributed by atoms with Crippen LogP contribution in [0.15, 0.2) is 23.4 Å². The third-order valence-corrected chi connectivity index (χ3v) is 2.02. The summed E-state index contributed by atoms with van der Waals surface area (Å²) in [5, 5.41) is 3.23. The van der Waals surface area contributed by atoms with Gasteiger partial charge in [-0.2, -0.15) is 0 Å². The van der Waals surface area contributed by atoms with Gasteiger partial charge in [0.1, 0.15) is 0 Å². The van der Waals surface area contributed by atoms with Crippen LogP contribution < -0.4 is 10.9 Å². The van der Waals surface area contributed by atoms with E-state index in [1.807, 2.05) is 0 Å². The van der Waals surface area contributed by atoms with Crippen molar-refractivity contribution in [2.45, 2.75) is 13.0 Å². The van der Waals surface area contributed by atoms with Gasteiger partial charge in [0.2, 0.25) is 0 Å². The van der Waals surface area contributed by atoms with Crippen LogP contribution in [0.5, 0.6) is 0 Å². The lowest BCUT2D eigenvalue weighted by molar-refractivity contribution is 0.194. The van der Waals surface area contributed by atoms with Gasteiger partial charge in [0.25, 0.3) is 5.56 Å². The second-order valence-corrected chi connectivity index (χ2v) is 3.21. The SMILES string of the molecule is COCCCNCCn1cnccc1=O. The Labute approximate surface area is 89.1 Å². The summed E-state index contributed by atoms with van der Waals surface area (Å²) in [5.41, 5.74) is -0.0105. The van der Waals surface area contributed by atoms with E-state index in [0.717, 1.165) is 26.1 Å². The van der Waals surface area contributed by atoms with E-state index < -0.39 is 0 Å². The quantitative estimate of drug-likeness (QED) is 0.638. The molecule has 0 radical (unpaired) electrons. The lowest BCUT2D eigenvalue weighted by Gasteiger charge is -2.05. The van der Waals surface area contributed by atoms with Gasteiger partial charge >= 0.3 is 0 Å². The molecule has 0 atom stereocenters. The number of nitrogens with zero attached hydrogens (tertiary/aromatic N) is 2. The number of methoxy groups -OCH3 is 1. The minimum atomic E-state index is -0.0105. The molecule has 1 aromatic heterocycles. The summed E-state index contributed by atoms with van der Waals surface area (Å²) in [6.45, 7) is 3.09. The first-order valence-corrected chi connectivity index (χ1v) is 5.04. The standard InChI is InChI=1S/C10H17N3O2/c1-15-8-2-4-11-6-7-13-9-12-5-3-10(13)14/h3,5,9,11H,2,4,6-8H2,1H3. The average molecular weight is 211 g/mol. The predicted octanol–water partition coefficient (Wildman–Crippen LogP) is -0.131. The number of nitrogens with one attached hydrogen (secondary N) is 1. The van der Waals surface area contributed by atoms with Crippen molar-refractivity contribution in [3.8, 4) is 0 Å². The Kier molecular flexibility index (Phi) is 5.65. The topological polar surface area (TPSA) is 56.1 Å². The first-order chi connectivity index (χ1) is 7.34. The van der Waals surface area contributed by atoms with Crippen LogP contribution in [0.2, 0.25) is 0 Å². The summed E-state index contributed by atoms with van der Waals surface area (Å²) in [6.07, 6.45) is 4.04. The van der Waals surface area contributed by atoms with Gasteiger partial charge in [-0.25, -0.2) is 4.98 Å². The van der Waals surface area contributed by atoms with E-state index in [1.165, 1.54) is 12.3 Å². The van der Waals surface area contributed by atoms with Gasteiger partial charge < -0.3 is 10.1 Å². The van der Waals surface area contributed by atoms with Crippen LogP contribution >= 0.6 is 0 Å². The fraction of sp³-hybridized carbons (Fsp3) is 0.600. The van der Waals surface area contributed by atoms with Crippen LogP contribution in [0.4, 0.5) is 0 Å². The average Bonchev–Trinajstić information content (AvgIpc) is 2.25. The van der Waals surface area contributed by atoms with Crippen molar-refractivity contribution in [3.05, 3.63) is 28.9 Å². The van der Waals surface area contributed by atoms with Gasteiger partial charge in [0.15, 0.2) is 0 Å². The third kappa shape index (κ3) is 4.71. The molecule has 0 aliphatic heterocycles. The Morgan fingerprint density at radius 3 is 3.13 bits per heavy atom. The third-order valence-electron chi connectivity index (χ3n) is 2.02. The largest absolute Gasteiger partial charge is 0.385 e. The molecule has 0 aliphatic carbocycles. The first kappa shape index (κ1) is 11.9. The molecule has 0 aliphatic rings. The highest BCUT2D eigenvalue weighted by atomic mass is 16.5. The van der Waals surface area contributed by atoms with Crippen molar-refractivity contribution < 1.29 is 4.74 Å². The van der Waals surface area contributed by atoms with E-state index in [-0.39, 0.29) is 5.56 Å². The Morgan fingerprint density at radius 1 is 1.53 bits per heavy atom. The highest BCUT2D eigenvalue weighted by molar-refractivity contribution is 4.81. The molecule has 0 unspecified atom stereocenters. The smallest absolute Gasteiger partial charge is 0.253 e. The van der Waals surface area contributed by atoms with E-state index in [0.29, 0.717) is 6.54 Å². The Bertz CT molecular complexity index is 324. The Morgan fingerprint density at radius 2 is 2.40 bits per heavy atom. The molecule has 1 N–H and O–H groups in total. The molecule has 0 amide bonds. The molecular weight excluding hydrogens is 194 g/mol. The number of hydrogen-bond acceptors (Lipinski definition) is 4. The molecule has 0 saturated carbocycles. The molecule has 5 nitrogen and oxygen atoms in total. The number of ether oxygens (including phenoxy) is 1. The minimum absolute atomic E-state index is 0.0105. The zero-order valence-corrected chi connectivity index (χ0v) is 8.98. The van der Waals surface area contributed by atoms with Crippen LogP contribution in [0.3, 0.4) is 0 Å². The van der Waals surface area contributed by atoms with E-state index in [9.17, 15) is 4.79 Å². The summed E-state index contributed by atoms with van der Waals surface area (Å²) in [6, 6.07) is 1.46. The second kappa shape index (κ2) is 7.14. The molecule has 1 aromatic rings. The maximum atomic E-state index is 11.3. The molecule has 0 bridgehead atoms. The van der Waals surface area contributed by atoms with E-state index in [4.69, 9.17) is 4.74 Å². The Hall–Kier alpha value is -1.20. The van der Waals surface area contributed by atoms with Crippen LogP contribution in [-0.2, 0) is 11.3 Å². The van der Waals surface area contributed by atoms with Gasteiger partial charge in [-0.15, -0.1) is 0 Å². The fourth-order valence-corrected chi connectivity index (χ4v) is 1.21. The lowest BCUT2D eigenvalue weighted by Crippen LogP contribution is -2.27. The summed E-state index contributed by atoms with van der Waals surface area (Å²) in [5.74, 6) is 0. The van der Waals surface area contributed by atoms with Crippen molar-refractivity contribution in [1.82, 2.24) is 14.9 Å². The van der Waals surface area contributed by atoms with Crippen molar-refractivity contribution in [2.75, 3.05) is 26.8 Å². The maximum absolute atomic E-state index is 11.3. The number of hydrogen-bond donors (Lipinski definition) is 1. The molecule has 0 spiro atoms. The van der Waals surface area contributed by atoms with Crippen LogP contribution in [0.25, 0.3) is 0 Å². The van der Waals surface area contributed by atoms with Gasteiger partial charge in [-0.05, 0) is 13.0 Å². The van der Waals surface area contributed by atoms with Gasteiger partial charge in [0.05, 0.1) is 6.33 Å². The number of aromatic nitrogens is 2. The van der Waals surface area contributed by atoms with E-state index in [2.05, 4.69) is 10.3 Å². The summed E-state index contributed by atoms with van der Waals surface area (Å²) < 4.78 is 6.51. The summed E-state index contributed by atoms with van der Waals surface area (Å²) in [7, 11) is 1.69. The van der Waals surface area contributed by atoms with E-state index in [1.54, 1.807) is 18.0 Å². The highest BCUT2D eigenvalue weighted by Crippen LogP contribution is 1.79. The van der Waals surface area contributed by atoms with E-state index >= 15 is 0 Å². The molecule has 0 aromatic carbocycles. The zero-order chi connectivity index (χ0) is 10.9. The van der Waals surface area contributed by atoms with Gasteiger partial charge in [0, 0.05) is 39.1 Å². The van der Waals surface area contributed by atoms with Crippen molar-refractivity contribution in [1.29, 1.82) is 0 Å². The molecule has 1 rings (SSSR count). The molecule has 15 heavy (non-hydrogen) atoms. The zero-order valence-electron chi connectivity index (χ0n) is 8.98. The minimum Gasteiger partial charge on any atom is -0.385 e. The fourth-order valence-electron chi connectivity index (χ4n) is 1.21. The summed E-state index contributed by atoms with van der Waals surface area (Å²) >= 11 is 0. The van der Waals surface area contributed by atoms with Crippen LogP contribution in [0, 0.1) is 0 Å². The Balaban J connectivity index is 2.15. The van der Waals surface area contributed by atoms with Crippen molar-refractivity contribution in [2.24, 2.45) is 0 Å². The second-order valence-electron chi connectivity index (χ2n) is 3.21. The normalized spacial score (nSPS) is 10.5. The highest BCUT2D eigenvalue weighted by Gasteiger charge is 1.93. The van der Waals surface area contributed by atoms with Gasteiger partial charge in [-0.3, -0.25) is 9.36 Å². The monoisotopic (exact) mass is 211 g/mol. The first-order valence-electron chi connectivity index (χ1n) is 5.04. The maximum Gasteiger partial charge on any atom is 0.253 e. The molecule has 0 saturated heterocycles. The molecular formula is C10H17N3O2. The lowest BCUT2D eigenvalue weighted by atomic mass is 10.4. The number of rotatable bonds is 7. The molecule has 1 heterocycles. The summed E-state index contributed by atoms with van der Waals surface area (Å²) in [4.78, 5) is 15.1.